The number of nitrogens with two attached hydrogens (primary N) is 1. The second-order valence-electron chi connectivity index (χ2n) is 33.1. The summed E-state index contributed by atoms with van der Waals surface area (Å²) in [5, 5.41) is 40.0. The van der Waals surface area contributed by atoms with Gasteiger partial charge in [0.15, 0.2) is 72.5 Å². The normalized spacial score (nSPS) is 11.4. The number of amides is 3. The molecule has 0 saturated heterocycles. The maximum atomic E-state index is 13.2. The average Bonchev–Trinajstić information content (AvgIpc) is 1.71. The number of nitrogens with zero attached hydrogens (tertiary/aromatic N) is 22. The van der Waals surface area contributed by atoms with Gasteiger partial charge in [-0.05, 0) is 134 Å². The lowest BCUT2D eigenvalue weighted by Gasteiger charge is -2.27. The third-order valence-electron chi connectivity index (χ3n) is 16.9. The van der Waals surface area contributed by atoms with Gasteiger partial charge in [-0.15, -0.1) is 0 Å². The molecule has 3 amide bonds. The predicted octanol–water partition coefficient (Wildman–Crippen LogP) is 15.6. The Hall–Kier alpha value is -13.5. The van der Waals surface area contributed by atoms with Gasteiger partial charge in [-0.3, -0.25) is 19.7 Å². The van der Waals surface area contributed by atoms with Gasteiger partial charge in [0.05, 0.1) is 25.3 Å². The molecule has 10 aromatic heterocycles. The number of aromatic nitrogens is 20. The number of carbonyl (C=O) groups is 7. The summed E-state index contributed by atoms with van der Waals surface area (Å²) in [5.41, 5.74) is 8.77. The number of aromatic amines is 1. The molecule has 44 heteroatoms. The van der Waals surface area contributed by atoms with E-state index in [-0.39, 0.29) is 65.4 Å². The molecular weight excluding hydrogens is 1680 g/mol. The summed E-state index contributed by atoms with van der Waals surface area (Å²) in [6.07, 6.45) is 13.3. The Morgan fingerprint density at radius 1 is 0.512 bits per heavy atom. The zero-order chi connectivity index (χ0) is 93.3. The molecule has 12 aromatic rings. The molecule has 10 N–H and O–H groups in total. The number of fused-ring (bicyclic) bond motifs is 5. The number of hydrogen-bond acceptors (Lipinski definition) is 31. The Morgan fingerprint density at radius 3 is 1.52 bits per heavy atom. The lowest BCUT2D eigenvalue weighted by molar-refractivity contribution is -0.138. The number of ether oxygens (including phenoxy) is 4. The molecular formula is C83H112Cl2N28O14. The Bertz CT molecular complexity index is 5720. The number of carboxylic acid groups (broad SMARTS) is 3. The quantitative estimate of drug-likeness (QED) is 0.0119. The number of nitrogen functional groups attached to an aromatic ring is 1. The van der Waals surface area contributed by atoms with Crippen molar-refractivity contribution in [2.75, 3.05) is 68.4 Å². The largest absolute Gasteiger partial charge is 0.480 e. The van der Waals surface area contributed by atoms with Crippen molar-refractivity contribution in [2.24, 2.45) is 0 Å². The van der Waals surface area contributed by atoms with Crippen LogP contribution in [0.25, 0.3) is 55.8 Å². The van der Waals surface area contributed by atoms with E-state index in [1.807, 2.05) is 86.5 Å². The molecule has 0 radical (unpaired) electrons. The van der Waals surface area contributed by atoms with Crippen molar-refractivity contribution < 1.29 is 67.8 Å². The third kappa shape index (κ3) is 30.4. The Morgan fingerprint density at radius 2 is 1.00 bits per heavy atom. The van der Waals surface area contributed by atoms with Crippen molar-refractivity contribution in [2.45, 2.75) is 230 Å². The molecule has 0 bridgehead atoms. The van der Waals surface area contributed by atoms with Gasteiger partial charge in [-0.1, -0.05) is 131 Å². The van der Waals surface area contributed by atoms with E-state index in [9.17, 15) is 43.8 Å². The van der Waals surface area contributed by atoms with Crippen molar-refractivity contribution in [3.63, 3.8) is 0 Å². The number of hydrogen-bond donors (Lipinski definition) is 9. The highest BCUT2D eigenvalue weighted by Gasteiger charge is 2.31. The number of rotatable bonds is 29. The zero-order valence-corrected chi connectivity index (χ0v) is 76.1. The van der Waals surface area contributed by atoms with E-state index in [0.29, 0.717) is 93.2 Å². The molecule has 0 fully saturated rings. The van der Waals surface area contributed by atoms with Gasteiger partial charge in [-0.25, -0.2) is 58.5 Å². The monoisotopic (exact) mass is 1790 g/mol. The summed E-state index contributed by atoms with van der Waals surface area (Å²) in [7, 11) is 1.88. The lowest BCUT2D eigenvalue weighted by Crippen LogP contribution is -2.39. The van der Waals surface area contributed by atoms with Gasteiger partial charge < -0.3 is 79.5 Å². The van der Waals surface area contributed by atoms with Crippen LogP contribution in [0.4, 0.5) is 72.1 Å². The zero-order valence-electron chi connectivity index (χ0n) is 74.6. The summed E-state index contributed by atoms with van der Waals surface area (Å²) in [5.74, 6) is -0.698. The number of halogens is 2. The molecule has 2 aromatic carbocycles. The summed E-state index contributed by atoms with van der Waals surface area (Å²) < 4.78 is 27.1. The van der Waals surface area contributed by atoms with Gasteiger partial charge in [0.25, 0.3) is 0 Å². The minimum absolute atomic E-state index is 0.0298. The molecule has 0 unspecified atom stereocenters. The van der Waals surface area contributed by atoms with E-state index in [2.05, 4.69) is 117 Å². The number of para-hydroxylation sites is 1. The first-order valence-electron chi connectivity index (χ1n) is 41.1. The molecule has 0 aliphatic carbocycles. The minimum atomic E-state index is -1.03. The SMILES string of the molecule is CC(C)(C)OC(=O)Nc1nc(Cl)c2[nH]cnc2n1.CC(C)(C)OC(=O)n1cnc2c(Cl)nc(N)nc21.CCCCCN(C(=O)OC(C)(C)C)c1nc(N(C)Cc2ccccc2)c2ncn(CC(=O)O)c2n1.CCCCCN(C(=O)OC(C)(C)C)c1nc(Nc2ccccc2)c2ncn(CC(=O)O)c2n1.CCCCCNc1nc(NC(C)C)c2ncn(CC(=O)O)c2n1. The maximum absolute atomic E-state index is 13.2. The van der Waals surface area contributed by atoms with E-state index < -0.39 is 64.7 Å². The molecule has 12 rings (SSSR count). The topological polar surface area (TPSA) is 530 Å². The van der Waals surface area contributed by atoms with Gasteiger partial charge in [0.2, 0.25) is 29.7 Å². The van der Waals surface area contributed by atoms with Crippen LogP contribution in [-0.2, 0) is 59.5 Å². The fourth-order valence-electron chi connectivity index (χ4n) is 11.6. The van der Waals surface area contributed by atoms with Gasteiger partial charge in [-0.2, -0.15) is 49.8 Å². The Labute approximate surface area is 743 Å². The highest BCUT2D eigenvalue weighted by atomic mass is 35.5. The number of unbranched alkanes of at least 4 members (excludes halogenated alkanes) is 6. The third-order valence-corrected chi connectivity index (χ3v) is 17.4. The summed E-state index contributed by atoms with van der Waals surface area (Å²) in [6.45, 7) is 33.0. The Kier molecular flexibility index (Phi) is 34.9. The molecule has 127 heavy (non-hydrogen) atoms. The smallest absolute Gasteiger partial charge is 0.421 e. The maximum Gasteiger partial charge on any atom is 0.421 e. The minimum Gasteiger partial charge on any atom is -0.480 e. The van der Waals surface area contributed by atoms with Gasteiger partial charge >= 0.3 is 42.3 Å². The lowest BCUT2D eigenvalue weighted by atomic mass is 10.2. The number of imidazole rings is 5. The van der Waals surface area contributed by atoms with Gasteiger partial charge in [0, 0.05) is 45.0 Å². The summed E-state index contributed by atoms with van der Waals surface area (Å²) in [4.78, 5) is 155. The highest BCUT2D eigenvalue weighted by molar-refractivity contribution is 6.34. The second kappa shape index (κ2) is 44.9. The van der Waals surface area contributed by atoms with Crippen LogP contribution in [0.5, 0.6) is 0 Å². The summed E-state index contributed by atoms with van der Waals surface area (Å²) >= 11 is 11.8. The van der Waals surface area contributed by atoms with Crippen LogP contribution in [0, 0.1) is 0 Å². The number of nitrogens with one attached hydrogen (secondary N) is 5. The second-order valence-corrected chi connectivity index (χ2v) is 33.8. The molecule has 682 valence electrons. The highest BCUT2D eigenvalue weighted by Crippen LogP contribution is 2.32. The first kappa shape index (κ1) is 98.9. The van der Waals surface area contributed by atoms with Crippen LogP contribution < -0.4 is 41.7 Å². The number of aliphatic carboxylic acids is 3. The van der Waals surface area contributed by atoms with E-state index in [1.165, 1.54) is 55.1 Å². The average molecular weight is 1800 g/mol. The number of H-pyrrole nitrogens is 1. The first-order chi connectivity index (χ1) is 59.9. The number of anilines is 9. The van der Waals surface area contributed by atoms with Gasteiger partial charge in [0.1, 0.15) is 59.4 Å². The van der Waals surface area contributed by atoms with Crippen LogP contribution in [0.3, 0.4) is 0 Å². The molecule has 42 nitrogen and oxygen atoms in total. The molecule has 0 aliphatic rings. The van der Waals surface area contributed by atoms with Crippen LogP contribution in [0.2, 0.25) is 10.3 Å². The van der Waals surface area contributed by atoms with E-state index in [1.54, 1.807) is 83.1 Å². The fourth-order valence-corrected chi connectivity index (χ4v) is 12.0. The molecule has 0 aliphatic heterocycles. The van der Waals surface area contributed by atoms with E-state index in [4.69, 9.17) is 58.0 Å². The summed E-state index contributed by atoms with van der Waals surface area (Å²) in [6, 6.07) is 19.5. The van der Waals surface area contributed by atoms with Crippen molar-refractivity contribution in [3.05, 3.63) is 108 Å². The van der Waals surface area contributed by atoms with Crippen molar-refractivity contribution in [3.8, 4) is 0 Å². The molecule has 0 saturated carbocycles. The van der Waals surface area contributed by atoms with Crippen molar-refractivity contribution in [1.82, 2.24) is 98.0 Å². The number of benzene rings is 2. The standard InChI is InChI=1S/C25H34N6O4.C23H30N6O4.C15H24N6O2.2C10H12ClN5O2/c1-6-7-11-14-31(24(34)35-25(2,3)4)23-27-21(29(5)15-18-12-9-8-10-13-18)20-22(28-23)30(17-26-20)16-19(32)33;1-5-6-10-13-29(22(32)33-23(2,3)4)21-26-19(25-16-11-8-7-9-12-16)18-20(27-21)28(15-24-18)14-17(30)31;1-4-5-6-7-16-15-19-13(18-10(2)3)12-14(20-15)21(9-17-12)8-11(22)23;1-10(2,3)18-9(17)16-4-13-5-6(11)14-8(12)15-7(5)16;1-10(2,3)18-9(17)16-8-14-6(11)5-7(15-8)13-4-12-5/h8-10,12-13,17H,6-7,11,14-16H2,1-5H3,(H,32,33);7-9,11-12,15H,5-6,10,13-14H2,1-4H3,(H,30,31)(H,25,26,27);9-10H,4-8H2,1-3H3,(H,22,23)(H2,16,18,19,20);4H,1-3H3,(H2,12,14,15);4H,1-3H3,(H2,12,13,14,15,16,17). The van der Waals surface area contributed by atoms with E-state index >= 15 is 0 Å². The Balaban J connectivity index is 0.000000202. The first-order valence-corrected chi connectivity index (χ1v) is 41.8. The van der Waals surface area contributed by atoms with Crippen LogP contribution >= 0.6 is 23.2 Å². The van der Waals surface area contributed by atoms with Crippen molar-refractivity contribution >= 4 is 174 Å². The molecule has 0 spiro atoms. The predicted molar refractivity (Wildman–Crippen MR) is 483 cm³/mol. The fraction of sp³-hybridized carbons (Fsp3) is 0.470. The molecule has 10 heterocycles. The van der Waals surface area contributed by atoms with Crippen LogP contribution in [-0.4, -0.2) is 211 Å². The van der Waals surface area contributed by atoms with Crippen molar-refractivity contribution in [1.29, 1.82) is 0 Å². The van der Waals surface area contributed by atoms with E-state index in [0.717, 1.165) is 80.2 Å². The van der Waals surface area contributed by atoms with Crippen LogP contribution in [0.15, 0.2) is 92.3 Å². The molecule has 0 atom stereocenters. The number of carboxylic acids is 3. The number of carbonyl (C=O) groups excluding carboxylic acids is 4. The van der Waals surface area contributed by atoms with Crippen LogP contribution in [0.1, 0.15) is 181 Å².